The van der Waals surface area contributed by atoms with E-state index in [9.17, 15) is 13.2 Å². The van der Waals surface area contributed by atoms with Gasteiger partial charge in [-0.15, -0.1) is 0 Å². The van der Waals surface area contributed by atoms with E-state index >= 15 is 0 Å². The van der Waals surface area contributed by atoms with Gasteiger partial charge < -0.3 is 5.11 Å². The van der Waals surface area contributed by atoms with Crippen molar-refractivity contribution in [2.45, 2.75) is 58.9 Å². The van der Waals surface area contributed by atoms with Gasteiger partial charge in [0.25, 0.3) is 0 Å². The maximum Gasteiger partial charge on any atom is 0.304 e. The largest absolute Gasteiger partial charge is 0.481 e. The number of carboxylic acids is 1. The molecule has 1 unspecified atom stereocenters. The van der Waals surface area contributed by atoms with Crippen LogP contribution in [-0.2, 0) is 14.8 Å². The molecule has 118 valence electrons. The van der Waals surface area contributed by atoms with Crippen molar-refractivity contribution in [1.82, 2.24) is 4.72 Å². The number of nitrogens with one attached hydrogen (secondary N) is 1. The van der Waals surface area contributed by atoms with Gasteiger partial charge in [0.15, 0.2) is 0 Å². The highest BCUT2D eigenvalue weighted by molar-refractivity contribution is 7.89. The van der Waals surface area contributed by atoms with Crippen molar-refractivity contribution in [2.75, 3.05) is 0 Å². The standard InChI is InChI=1S/C15H23NO4S/c1-8(7-14(17)18)16-21(19,20)15-12(5)10(3)9(2)11(4)13(15)6/h8,16H,7H2,1-6H3,(H,17,18). The zero-order valence-corrected chi connectivity index (χ0v) is 14.2. The molecule has 0 aromatic heterocycles. The summed E-state index contributed by atoms with van der Waals surface area (Å²) in [4.78, 5) is 10.9. The van der Waals surface area contributed by atoms with E-state index in [4.69, 9.17) is 5.11 Å². The third-order valence-corrected chi connectivity index (χ3v) is 5.90. The van der Waals surface area contributed by atoms with Crippen molar-refractivity contribution in [3.63, 3.8) is 0 Å². The molecule has 6 heteroatoms. The van der Waals surface area contributed by atoms with Crippen LogP contribution in [0.1, 0.15) is 41.2 Å². The van der Waals surface area contributed by atoms with Gasteiger partial charge in [0.2, 0.25) is 10.0 Å². The van der Waals surface area contributed by atoms with Crippen molar-refractivity contribution < 1.29 is 18.3 Å². The van der Waals surface area contributed by atoms with Gasteiger partial charge in [-0.05, 0) is 69.4 Å². The van der Waals surface area contributed by atoms with Gasteiger partial charge in [0.05, 0.1) is 11.3 Å². The first-order valence-corrected chi connectivity index (χ1v) is 8.28. The summed E-state index contributed by atoms with van der Waals surface area (Å²) in [6.45, 7) is 10.9. The normalized spacial score (nSPS) is 13.2. The fraction of sp³-hybridized carbons (Fsp3) is 0.533. The number of rotatable bonds is 5. The van der Waals surface area contributed by atoms with Crippen LogP contribution < -0.4 is 4.72 Å². The van der Waals surface area contributed by atoms with Gasteiger partial charge in [-0.2, -0.15) is 0 Å². The van der Waals surface area contributed by atoms with E-state index in [0.29, 0.717) is 11.1 Å². The Labute approximate surface area is 126 Å². The first kappa shape index (κ1) is 17.7. The molecule has 0 bridgehead atoms. The molecule has 0 radical (unpaired) electrons. The van der Waals surface area contributed by atoms with E-state index < -0.39 is 22.0 Å². The smallest absolute Gasteiger partial charge is 0.304 e. The van der Waals surface area contributed by atoms with Crippen LogP contribution >= 0.6 is 0 Å². The van der Waals surface area contributed by atoms with E-state index in [1.165, 1.54) is 0 Å². The van der Waals surface area contributed by atoms with Crippen LogP contribution in [0.15, 0.2) is 4.90 Å². The lowest BCUT2D eigenvalue weighted by Gasteiger charge is -2.20. The van der Waals surface area contributed by atoms with Crippen LogP contribution in [0.2, 0.25) is 0 Å². The predicted molar refractivity (Wildman–Crippen MR) is 82.2 cm³/mol. The Bertz CT molecular complexity index is 648. The fourth-order valence-electron chi connectivity index (χ4n) is 2.50. The van der Waals surface area contributed by atoms with Gasteiger partial charge >= 0.3 is 5.97 Å². The number of aliphatic carboxylic acids is 1. The Kier molecular flexibility index (Phi) is 5.17. The summed E-state index contributed by atoms with van der Waals surface area (Å²) in [6, 6.07) is -0.659. The zero-order chi connectivity index (χ0) is 16.5. The van der Waals surface area contributed by atoms with Gasteiger partial charge in [0.1, 0.15) is 0 Å². The second-order valence-electron chi connectivity index (χ2n) is 5.57. The molecule has 0 spiro atoms. The Morgan fingerprint density at radius 3 is 1.76 bits per heavy atom. The summed E-state index contributed by atoms with van der Waals surface area (Å²) in [5.74, 6) is -1.03. The summed E-state index contributed by atoms with van der Waals surface area (Å²) in [5.41, 5.74) is 4.41. The lowest BCUT2D eigenvalue weighted by atomic mass is 9.95. The van der Waals surface area contributed by atoms with Crippen molar-refractivity contribution in [3.8, 4) is 0 Å². The molecule has 21 heavy (non-hydrogen) atoms. The number of hydrogen-bond donors (Lipinski definition) is 2. The minimum atomic E-state index is -3.74. The molecular formula is C15H23NO4S. The summed E-state index contributed by atoms with van der Waals surface area (Å²) < 4.78 is 27.6. The van der Waals surface area contributed by atoms with E-state index in [2.05, 4.69) is 4.72 Å². The highest BCUT2D eigenvalue weighted by atomic mass is 32.2. The molecule has 1 rings (SSSR count). The number of carboxylic acid groups (broad SMARTS) is 1. The Balaban J connectivity index is 3.36. The first-order chi connectivity index (χ1) is 9.49. The SMILES string of the molecule is Cc1c(C)c(C)c(S(=O)(=O)NC(C)CC(=O)O)c(C)c1C. The minimum absolute atomic E-state index is 0.249. The molecule has 0 amide bonds. The molecule has 0 heterocycles. The molecule has 0 saturated carbocycles. The van der Waals surface area contributed by atoms with Crippen molar-refractivity contribution in [1.29, 1.82) is 0 Å². The average molecular weight is 313 g/mol. The molecule has 1 aromatic rings. The third kappa shape index (κ3) is 3.63. The van der Waals surface area contributed by atoms with Gasteiger partial charge in [-0.3, -0.25) is 4.79 Å². The quantitative estimate of drug-likeness (QED) is 0.874. The summed E-state index contributed by atoms with van der Waals surface area (Å²) in [7, 11) is -3.74. The Hall–Kier alpha value is -1.40. The lowest BCUT2D eigenvalue weighted by molar-refractivity contribution is -0.137. The van der Waals surface area contributed by atoms with Gasteiger partial charge in [0, 0.05) is 6.04 Å². The van der Waals surface area contributed by atoms with Crippen molar-refractivity contribution >= 4 is 16.0 Å². The molecule has 0 aliphatic heterocycles. The second-order valence-corrected chi connectivity index (χ2v) is 7.23. The van der Waals surface area contributed by atoms with Gasteiger partial charge in [-0.1, -0.05) is 0 Å². The first-order valence-electron chi connectivity index (χ1n) is 6.80. The lowest BCUT2D eigenvalue weighted by Crippen LogP contribution is -2.35. The molecule has 0 fully saturated rings. The Morgan fingerprint density at radius 1 is 1.00 bits per heavy atom. The van der Waals surface area contributed by atoms with Crippen LogP contribution in [-0.4, -0.2) is 25.5 Å². The maximum atomic E-state index is 12.6. The zero-order valence-electron chi connectivity index (χ0n) is 13.4. The fourth-order valence-corrected chi connectivity index (χ4v) is 4.34. The van der Waals surface area contributed by atoms with Crippen LogP contribution in [0.25, 0.3) is 0 Å². The van der Waals surface area contributed by atoms with E-state index in [-0.39, 0.29) is 11.3 Å². The second kappa shape index (κ2) is 6.15. The molecule has 2 N–H and O–H groups in total. The summed E-state index contributed by atoms with van der Waals surface area (Å²) in [5, 5.41) is 8.75. The van der Waals surface area contributed by atoms with Crippen LogP contribution in [0.5, 0.6) is 0 Å². The molecule has 1 aromatic carbocycles. The number of sulfonamides is 1. The van der Waals surface area contributed by atoms with Crippen LogP contribution in [0, 0.1) is 34.6 Å². The number of carbonyl (C=O) groups is 1. The highest BCUT2D eigenvalue weighted by Gasteiger charge is 2.25. The average Bonchev–Trinajstić information content (AvgIpc) is 2.32. The number of benzene rings is 1. The highest BCUT2D eigenvalue weighted by Crippen LogP contribution is 2.29. The topological polar surface area (TPSA) is 83.5 Å². The summed E-state index contributed by atoms with van der Waals surface area (Å²) in [6.07, 6.45) is -0.249. The van der Waals surface area contributed by atoms with Crippen molar-refractivity contribution in [3.05, 3.63) is 27.8 Å². The van der Waals surface area contributed by atoms with Crippen LogP contribution in [0.3, 0.4) is 0 Å². The molecule has 0 aliphatic rings. The van der Waals surface area contributed by atoms with Crippen molar-refractivity contribution in [2.24, 2.45) is 0 Å². The molecule has 1 atom stereocenters. The molecular weight excluding hydrogens is 290 g/mol. The monoisotopic (exact) mass is 313 g/mol. The van der Waals surface area contributed by atoms with E-state index in [0.717, 1.165) is 16.7 Å². The maximum absolute atomic E-state index is 12.6. The molecule has 0 saturated heterocycles. The molecule has 0 aliphatic carbocycles. The van der Waals surface area contributed by atoms with E-state index in [1.54, 1.807) is 20.8 Å². The number of hydrogen-bond acceptors (Lipinski definition) is 3. The van der Waals surface area contributed by atoms with Crippen LogP contribution in [0.4, 0.5) is 0 Å². The van der Waals surface area contributed by atoms with Gasteiger partial charge in [-0.25, -0.2) is 13.1 Å². The minimum Gasteiger partial charge on any atom is -0.481 e. The Morgan fingerprint density at radius 2 is 1.38 bits per heavy atom. The predicted octanol–water partition coefficient (Wildman–Crippen LogP) is 2.37. The third-order valence-electron chi connectivity index (χ3n) is 4.04. The van der Waals surface area contributed by atoms with E-state index in [1.807, 2.05) is 20.8 Å². The summed E-state index contributed by atoms with van der Waals surface area (Å²) >= 11 is 0. The molecule has 5 nitrogen and oxygen atoms in total.